The van der Waals surface area contributed by atoms with Crippen LogP contribution in [0.4, 0.5) is 0 Å². The fourth-order valence-corrected chi connectivity index (χ4v) is 2.23. The zero-order valence-electron chi connectivity index (χ0n) is 15.3. The van der Waals surface area contributed by atoms with Crippen molar-refractivity contribution < 1.29 is 38.3 Å². The molecule has 0 aliphatic carbocycles. The Balaban J connectivity index is 0. The predicted molar refractivity (Wildman–Crippen MR) is 81.6 cm³/mol. The predicted octanol–water partition coefficient (Wildman–Crippen LogP) is 0.229. The van der Waals surface area contributed by atoms with Gasteiger partial charge in [-0.1, -0.05) is 59.8 Å². The minimum Gasteiger partial charge on any atom is -0.550 e. The number of unbranched alkanes of at least 4 members (excludes halogenated alkanes) is 5. The molecule has 0 radical (unpaired) electrons. The number of carbonyl (C=O) groups excluding carboxylic acids is 2. The first-order valence-electron chi connectivity index (χ1n) is 8.04. The zero-order valence-corrected chi connectivity index (χ0v) is 15.3. The number of hydrogen-bond donors (Lipinski definition) is 0. The third kappa shape index (κ3) is 9.53. The van der Waals surface area contributed by atoms with Gasteiger partial charge in [0.05, 0.1) is 12.4 Å². The van der Waals surface area contributed by atoms with Gasteiger partial charge in [0.15, 0.2) is 0 Å². The molecule has 4 nitrogen and oxygen atoms in total. The van der Waals surface area contributed by atoms with E-state index in [0.717, 1.165) is 19.3 Å². The Bertz CT molecular complexity index is 336. The van der Waals surface area contributed by atoms with E-state index < -0.39 is 24.0 Å². The average Bonchev–Trinajstić information content (AvgIpc) is 2.31. The van der Waals surface area contributed by atoms with E-state index in [1.807, 2.05) is 27.7 Å². The molecule has 0 heterocycles. The molecule has 0 saturated heterocycles. The van der Waals surface area contributed by atoms with Crippen molar-refractivity contribution in [1.29, 1.82) is 0 Å². The Kier molecular flexibility index (Phi) is 12.0. The molecule has 0 saturated carbocycles. The van der Waals surface area contributed by atoms with Crippen LogP contribution in [0.3, 0.4) is 0 Å². The first kappa shape index (κ1) is 23.8. The number of aliphatic carboxylic acids is 1. The molecule has 0 aromatic carbocycles. The molecule has 0 aliphatic rings. The summed E-state index contributed by atoms with van der Waals surface area (Å²) in [6.45, 7) is 10.1. The molecule has 0 rings (SSSR count). The number of carboxylic acid groups (broad SMARTS) is 1. The second kappa shape index (κ2) is 11.1. The molecular weight excluding hydrogens is 275 g/mol. The van der Waals surface area contributed by atoms with Crippen LogP contribution in [0.5, 0.6) is 0 Å². The molecule has 0 spiro atoms. The maximum atomic E-state index is 11.6. The van der Waals surface area contributed by atoms with Crippen molar-refractivity contribution in [2.75, 3.05) is 0 Å². The summed E-state index contributed by atoms with van der Waals surface area (Å²) in [5, 5.41) is 10.5. The summed E-state index contributed by atoms with van der Waals surface area (Å²) in [6, 6.07) is 0. The van der Waals surface area contributed by atoms with Crippen LogP contribution in [0, 0.1) is 5.41 Å². The van der Waals surface area contributed by atoms with Gasteiger partial charge in [0.25, 0.3) is 0 Å². The molecule has 0 fully saturated rings. The molecule has 1 unspecified atom stereocenters. The van der Waals surface area contributed by atoms with E-state index in [2.05, 4.69) is 6.92 Å². The number of carbonyl (C=O) groups is 2. The average molecular weight is 306 g/mol. The van der Waals surface area contributed by atoms with Crippen LogP contribution >= 0.6 is 0 Å². The first-order valence-corrected chi connectivity index (χ1v) is 8.04. The molecule has 0 aliphatic heterocycles. The number of ether oxygens (including phenoxy) is 1. The van der Waals surface area contributed by atoms with E-state index >= 15 is 0 Å². The Morgan fingerprint density at radius 3 is 1.91 bits per heavy atom. The van der Waals surface area contributed by atoms with Crippen LogP contribution in [0.2, 0.25) is 0 Å². The molecule has 5 heteroatoms. The second-order valence-electron chi connectivity index (χ2n) is 7.02. The smallest absolute Gasteiger partial charge is 0.550 e. The van der Waals surface area contributed by atoms with Crippen LogP contribution < -0.4 is 24.0 Å². The van der Waals surface area contributed by atoms with Gasteiger partial charge < -0.3 is 14.6 Å². The molecule has 0 bridgehead atoms. The molecule has 22 heavy (non-hydrogen) atoms. The Morgan fingerprint density at radius 2 is 1.45 bits per heavy atom. The van der Waals surface area contributed by atoms with Crippen LogP contribution in [-0.4, -0.2) is 17.5 Å². The Labute approximate surface area is 147 Å². The summed E-state index contributed by atoms with van der Waals surface area (Å²) in [5.74, 6) is -2.10. The van der Waals surface area contributed by atoms with E-state index in [9.17, 15) is 14.7 Å². The number of esters is 1. The van der Waals surface area contributed by atoms with Crippen LogP contribution in [0.25, 0.3) is 0 Å². The molecule has 0 aromatic heterocycles. The Hall–Kier alpha value is -0.463. The van der Waals surface area contributed by atoms with Gasteiger partial charge in [0, 0.05) is 5.41 Å². The second-order valence-corrected chi connectivity index (χ2v) is 7.02. The number of hydrogen-bond acceptors (Lipinski definition) is 4. The topological polar surface area (TPSA) is 66.4 Å². The van der Waals surface area contributed by atoms with Crippen LogP contribution in [0.15, 0.2) is 0 Å². The SMILES string of the molecule is CCCCCCCCC(C)(OC(=O)CC(=O)[O-])C(C)(C)C.[Li+]. The van der Waals surface area contributed by atoms with Crippen LogP contribution in [0.1, 0.15) is 86.0 Å². The minimum absolute atomic E-state index is 0. The van der Waals surface area contributed by atoms with Gasteiger partial charge in [0.2, 0.25) is 0 Å². The van der Waals surface area contributed by atoms with Crippen molar-refractivity contribution in [2.24, 2.45) is 5.41 Å². The van der Waals surface area contributed by atoms with E-state index in [0.29, 0.717) is 0 Å². The van der Waals surface area contributed by atoms with Crippen LogP contribution in [-0.2, 0) is 14.3 Å². The summed E-state index contributed by atoms with van der Waals surface area (Å²) in [6.07, 6.45) is 7.09. The van der Waals surface area contributed by atoms with E-state index in [1.54, 1.807) is 0 Å². The van der Waals surface area contributed by atoms with Gasteiger partial charge in [0.1, 0.15) is 5.60 Å². The molecule has 124 valence electrons. The standard InChI is InChI=1S/C17H32O4.Li/c1-6-7-8-9-10-11-12-17(5,16(2,3)4)21-15(20)13-14(18)19;/h6-13H2,1-5H3,(H,18,19);/q;+1/p-1. The number of carboxylic acids is 1. The zero-order chi connectivity index (χ0) is 16.5. The molecular formula is C17H31LiO4. The summed E-state index contributed by atoms with van der Waals surface area (Å²) in [5.41, 5.74) is -0.887. The molecule has 1 atom stereocenters. The van der Waals surface area contributed by atoms with E-state index in [1.165, 1.54) is 25.7 Å². The van der Waals surface area contributed by atoms with E-state index in [4.69, 9.17) is 4.74 Å². The molecule has 0 amide bonds. The van der Waals surface area contributed by atoms with E-state index in [-0.39, 0.29) is 24.3 Å². The van der Waals surface area contributed by atoms with Gasteiger partial charge in [-0.15, -0.1) is 0 Å². The Morgan fingerprint density at radius 1 is 0.955 bits per heavy atom. The first-order chi connectivity index (χ1) is 9.62. The van der Waals surface area contributed by atoms with Crippen molar-refractivity contribution in [3.05, 3.63) is 0 Å². The molecule has 0 N–H and O–H groups in total. The largest absolute Gasteiger partial charge is 1.00 e. The maximum Gasteiger partial charge on any atom is 1.00 e. The van der Waals surface area contributed by atoms with Gasteiger partial charge in [-0.25, -0.2) is 0 Å². The summed E-state index contributed by atoms with van der Waals surface area (Å²) >= 11 is 0. The third-order valence-corrected chi connectivity index (χ3v) is 4.22. The normalized spacial score (nSPS) is 13.9. The monoisotopic (exact) mass is 306 g/mol. The quantitative estimate of drug-likeness (QED) is 0.251. The van der Waals surface area contributed by atoms with Gasteiger partial charge in [-0.05, 0) is 19.8 Å². The fraction of sp³-hybridized carbons (Fsp3) is 0.882. The minimum atomic E-state index is -1.39. The van der Waals surface area contributed by atoms with Gasteiger partial charge in [-0.2, -0.15) is 0 Å². The molecule has 0 aromatic rings. The maximum absolute atomic E-state index is 11.6. The fourth-order valence-electron chi connectivity index (χ4n) is 2.23. The van der Waals surface area contributed by atoms with Crippen molar-refractivity contribution in [3.63, 3.8) is 0 Å². The van der Waals surface area contributed by atoms with Gasteiger partial charge >= 0.3 is 24.8 Å². The summed E-state index contributed by atoms with van der Waals surface area (Å²) in [7, 11) is 0. The summed E-state index contributed by atoms with van der Waals surface area (Å²) in [4.78, 5) is 22.1. The third-order valence-electron chi connectivity index (χ3n) is 4.22. The van der Waals surface area contributed by atoms with Crippen molar-refractivity contribution >= 4 is 11.9 Å². The summed E-state index contributed by atoms with van der Waals surface area (Å²) < 4.78 is 5.48. The van der Waals surface area contributed by atoms with Crippen molar-refractivity contribution in [1.82, 2.24) is 0 Å². The number of rotatable bonds is 10. The van der Waals surface area contributed by atoms with Gasteiger partial charge in [-0.3, -0.25) is 4.79 Å². The van der Waals surface area contributed by atoms with Crippen molar-refractivity contribution in [2.45, 2.75) is 91.6 Å². The van der Waals surface area contributed by atoms with Crippen molar-refractivity contribution in [3.8, 4) is 0 Å².